The lowest BCUT2D eigenvalue weighted by Gasteiger charge is -2.42. The smallest absolute Gasteiger partial charge is 0.408 e. The lowest BCUT2D eigenvalue weighted by atomic mass is 9.75. The molecule has 2 aliphatic carbocycles. The Labute approximate surface area is 193 Å². The number of alkyl carbamates (subject to hydrolysis) is 1. The van der Waals surface area contributed by atoms with E-state index in [4.69, 9.17) is 9.84 Å². The fourth-order valence-corrected chi connectivity index (χ4v) is 4.84. The number of unbranched alkanes of at least 4 members (excludes halogenated alkanes) is 1. The van der Waals surface area contributed by atoms with Crippen LogP contribution in [0.15, 0.2) is 48.5 Å². The van der Waals surface area contributed by atoms with Crippen molar-refractivity contribution in [1.29, 1.82) is 0 Å². The number of nitrogens with zero attached hydrogens (tertiary/aromatic N) is 1. The number of likely N-dealkylation sites (N-methyl/N-ethyl adjacent to an activating group) is 1. The summed E-state index contributed by atoms with van der Waals surface area (Å²) in [6, 6.07) is 16.3. The molecular weight excluding hydrogens is 420 g/mol. The quantitative estimate of drug-likeness (QED) is 0.559. The van der Waals surface area contributed by atoms with Crippen molar-refractivity contribution in [3.8, 4) is 11.1 Å². The predicted molar refractivity (Wildman–Crippen MR) is 124 cm³/mol. The maximum atomic E-state index is 13.0. The van der Waals surface area contributed by atoms with Crippen molar-refractivity contribution >= 4 is 18.0 Å². The molecule has 2 aromatic carbocycles. The van der Waals surface area contributed by atoms with E-state index in [-0.39, 0.29) is 24.9 Å². The first kappa shape index (κ1) is 22.8. The third kappa shape index (κ3) is 4.72. The highest BCUT2D eigenvalue weighted by atomic mass is 16.5. The van der Waals surface area contributed by atoms with E-state index < -0.39 is 17.6 Å². The Morgan fingerprint density at radius 1 is 1.03 bits per heavy atom. The second-order valence-electron chi connectivity index (χ2n) is 8.96. The Morgan fingerprint density at radius 3 is 2.18 bits per heavy atom. The molecule has 2 N–H and O–H groups in total. The van der Waals surface area contributed by atoms with Crippen molar-refractivity contribution in [2.24, 2.45) is 0 Å². The molecule has 2 aliphatic rings. The van der Waals surface area contributed by atoms with E-state index in [0.29, 0.717) is 32.2 Å². The Kier molecular flexibility index (Phi) is 6.67. The molecule has 0 spiro atoms. The lowest BCUT2D eigenvalue weighted by Crippen LogP contribution is -2.63. The average molecular weight is 451 g/mol. The maximum absolute atomic E-state index is 13.0. The van der Waals surface area contributed by atoms with Crippen molar-refractivity contribution in [2.45, 2.75) is 50.0 Å². The summed E-state index contributed by atoms with van der Waals surface area (Å²) < 4.78 is 5.64. The first-order valence-corrected chi connectivity index (χ1v) is 11.5. The average Bonchev–Trinajstić information content (AvgIpc) is 3.11. The van der Waals surface area contributed by atoms with Gasteiger partial charge in [-0.3, -0.25) is 9.59 Å². The Hall–Kier alpha value is -3.35. The van der Waals surface area contributed by atoms with Gasteiger partial charge in [-0.15, -0.1) is 0 Å². The monoisotopic (exact) mass is 450 g/mol. The summed E-state index contributed by atoms with van der Waals surface area (Å²) >= 11 is 0. The van der Waals surface area contributed by atoms with Crippen molar-refractivity contribution in [1.82, 2.24) is 10.2 Å². The molecule has 1 fully saturated rings. The largest absolute Gasteiger partial charge is 0.481 e. The molecule has 2 amide bonds. The number of rotatable bonds is 9. The third-order valence-electron chi connectivity index (χ3n) is 6.78. The van der Waals surface area contributed by atoms with Gasteiger partial charge in [-0.05, 0) is 54.4 Å². The van der Waals surface area contributed by atoms with Gasteiger partial charge in [0.1, 0.15) is 12.1 Å². The van der Waals surface area contributed by atoms with Crippen LogP contribution in [0, 0.1) is 0 Å². The number of aliphatic carboxylic acids is 1. The highest BCUT2D eigenvalue weighted by Crippen LogP contribution is 2.44. The molecular formula is C26H30N2O5. The van der Waals surface area contributed by atoms with Crippen LogP contribution in [0.5, 0.6) is 0 Å². The van der Waals surface area contributed by atoms with Crippen molar-refractivity contribution in [2.75, 3.05) is 20.2 Å². The number of nitrogens with one attached hydrogen (secondary N) is 1. The number of benzene rings is 2. The standard InChI is InChI=1S/C26H30N2O5/c1-28(16-7-6-13-23(29)30)24(31)26(14-8-15-26)27-25(32)33-17-22-20-11-4-2-9-18(20)19-10-3-5-12-21(19)22/h2-5,9-12,22H,6-8,13-17H2,1H3,(H,27,32)(H,29,30). The molecule has 0 atom stereocenters. The van der Waals surface area contributed by atoms with Crippen LogP contribution < -0.4 is 5.32 Å². The van der Waals surface area contributed by atoms with Gasteiger partial charge in [-0.25, -0.2) is 4.79 Å². The van der Waals surface area contributed by atoms with Gasteiger partial charge in [-0.2, -0.15) is 0 Å². The van der Waals surface area contributed by atoms with Gasteiger partial charge in [-0.1, -0.05) is 48.5 Å². The SMILES string of the molecule is CN(CCCCC(=O)O)C(=O)C1(NC(=O)OCC2c3ccccc3-c3ccccc32)CCC1. The second-order valence-corrected chi connectivity index (χ2v) is 8.96. The summed E-state index contributed by atoms with van der Waals surface area (Å²) in [6.45, 7) is 0.662. The summed E-state index contributed by atoms with van der Waals surface area (Å²) in [5.41, 5.74) is 3.68. The molecule has 174 valence electrons. The van der Waals surface area contributed by atoms with Crippen LogP contribution in [0.25, 0.3) is 11.1 Å². The number of carboxylic acid groups (broad SMARTS) is 1. The normalized spacial score (nSPS) is 15.7. The van der Waals surface area contributed by atoms with Crippen LogP contribution >= 0.6 is 0 Å². The molecule has 0 bridgehead atoms. The summed E-state index contributed by atoms with van der Waals surface area (Å²) in [5, 5.41) is 11.6. The number of amides is 2. The predicted octanol–water partition coefficient (Wildman–Crippen LogP) is 4.16. The van der Waals surface area contributed by atoms with E-state index in [2.05, 4.69) is 29.6 Å². The highest BCUT2D eigenvalue weighted by Gasteiger charge is 2.47. The first-order chi connectivity index (χ1) is 15.9. The van der Waals surface area contributed by atoms with Gasteiger partial charge < -0.3 is 20.1 Å². The molecule has 2 aromatic rings. The fraction of sp³-hybridized carbons (Fsp3) is 0.423. The van der Waals surface area contributed by atoms with Crippen LogP contribution in [-0.4, -0.2) is 53.7 Å². The number of carbonyl (C=O) groups excluding carboxylic acids is 2. The molecule has 0 aliphatic heterocycles. The Balaban J connectivity index is 1.35. The summed E-state index contributed by atoms with van der Waals surface area (Å²) in [6.07, 6.45) is 2.65. The zero-order chi connectivity index (χ0) is 23.4. The van der Waals surface area contributed by atoms with E-state index in [9.17, 15) is 14.4 Å². The van der Waals surface area contributed by atoms with Gasteiger partial charge in [0.05, 0.1) is 0 Å². The molecule has 0 unspecified atom stereocenters. The maximum Gasteiger partial charge on any atom is 0.408 e. The molecule has 4 rings (SSSR count). The third-order valence-corrected chi connectivity index (χ3v) is 6.78. The van der Waals surface area contributed by atoms with E-state index in [1.54, 1.807) is 11.9 Å². The molecule has 1 saturated carbocycles. The topological polar surface area (TPSA) is 95.9 Å². The summed E-state index contributed by atoms with van der Waals surface area (Å²) in [7, 11) is 1.70. The van der Waals surface area contributed by atoms with Crippen LogP contribution in [0.4, 0.5) is 4.79 Å². The number of carboxylic acids is 1. The molecule has 0 aromatic heterocycles. The molecule has 33 heavy (non-hydrogen) atoms. The molecule has 0 saturated heterocycles. The van der Waals surface area contributed by atoms with Crippen molar-refractivity contribution < 1.29 is 24.2 Å². The van der Waals surface area contributed by atoms with E-state index in [1.165, 1.54) is 0 Å². The van der Waals surface area contributed by atoms with Gasteiger partial charge >= 0.3 is 12.1 Å². The van der Waals surface area contributed by atoms with Crippen LogP contribution in [0.3, 0.4) is 0 Å². The fourth-order valence-electron chi connectivity index (χ4n) is 4.84. The minimum atomic E-state index is -0.926. The van der Waals surface area contributed by atoms with Crippen molar-refractivity contribution in [3.05, 3.63) is 59.7 Å². The first-order valence-electron chi connectivity index (χ1n) is 11.5. The van der Waals surface area contributed by atoms with Crippen molar-refractivity contribution in [3.63, 3.8) is 0 Å². The number of hydrogen-bond acceptors (Lipinski definition) is 4. The van der Waals surface area contributed by atoms with E-state index in [1.807, 2.05) is 24.3 Å². The minimum Gasteiger partial charge on any atom is -0.481 e. The van der Waals surface area contributed by atoms with Crippen LogP contribution in [0.2, 0.25) is 0 Å². The van der Waals surface area contributed by atoms with E-state index in [0.717, 1.165) is 28.7 Å². The number of carbonyl (C=O) groups is 3. The number of hydrogen-bond donors (Lipinski definition) is 2. The molecule has 0 radical (unpaired) electrons. The van der Waals surface area contributed by atoms with E-state index >= 15 is 0 Å². The lowest BCUT2D eigenvalue weighted by molar-refractivity contribution is -0.140. The van der Waals surface area contributed by atoms with Gasteiger partial charge in [0, 0.05) is 25.9 Å². The Morgan fingerprint density at radius 2 is 1.64 bits per heavy atom. The molecule has 7 nitrogen and oxygen atoms in total. The van der Waals surface area contributed by atoms with Crippen LogP contribution in [-0.2, 0) is 14.3 Å². The second kappa shape index (κ2) is 9.65. The summed E-state index contributed by atoms with van der Waals surface area (Å²) in [4.78, 5) is 38.0. The summed E-state index contributed by atoms with van der Waals surface area (Å²) in [5.74, 6) is -1.01. The molecule has 7 heteroatoms. The molecule has 0 heterocycles. The van der Waals surface area contributed by atoms with Gasteiger partial charge in [0.15, 0.2) is 0 Å². The highest BCUT2D eigenvalue weighted by molar-refractivity contribution is 5.91. The number of fused-ring (bicyclic) bond motifs is 3. The number of ether oxygens (including phenoxy) is 1. The zero-order valence-corrected chi connectivity index (χ0v) is 18.9. The zero-order valence-electron chi connectivity index (χ0n) is 18.9. The minimum absolute atomic E-state index is 0.0342. The Bertz CT molecular complexity index is 1000. The van der Waals surface area contributed by atoms with Gasteiger partial charge in [0.2, 0.25) is 5.91 Å². The van der Waals surface area contributed by atoms with Crippen LogP contribution in [0.1, 0.15) is 55.6 Å². The van der Waals surface area contributed by atoms with Gasteiger partial charge in [0.25, 0.3) is 0 Å².